The topological polar surface area (TPSA) is 74.6 Å². The van der Waals surface area contributed by atoms with Crippen LogP contribution in [0.1, 0.15) is 23.0 Å². The fourth-order valence-electron chi connectivity index (χ4n) is 1.52. The SMILES string of the molecule is CC(=NNC(=O)c1cc(Cl)ccc1O)c1ccccn1. The van der Waals surface area contributed by atoms with E-state index in [4.69, 9.17) is 11.6 Å². The molecule has 6 heteroatoms. The van der Waals surface area contributed by atoms with Gasteiger partial charge in [-0.1, -0.05) is 17.7 Å². The fraction of sp³-hybridized carbons (Fsp3) is 0.0714. The molecule has 0 spiro atoms. The number of nitrogens with one attached hydrogen (secondary N) is 1. The quantitative estimate of drug-likeness (QED) is 0.674. The van der Waals surface area contributed by atoms with Crippen molar-refractivity contribution in [1.29, 1.82) is 0 Å². The standard InChI is InChI=1S/C14H12ClN3O2/c1-9(12-4-2-3-7-16-12)17-18-14(20)11-8-10(15)5-6-13(11)19/h2-8,19H,1H3,(H,18,20). The van der Waals surface area contributed by atoms with Crippen molar-refractivity contribution in [3.8, 4) is 5.75 Å². The minimum Gasteiger partial charge on any atom is -0.507 e. The van der Waals surface area contributed by atoms with Crippen molar-refractivity contribution in [2.45, 2.75) is 6.92 Å². The third-order valence-electron chi connectivity index (χ3n) is 2.56. The van der Waals surface area contributed by atoms with Crippen LogP contribution in [0.25, 0.3) is 0 Å². The Hall–Kier alpha value is -2.40. The first-order valence-corrected chi connectivity index (χ1v) is 6.20. The smallest absolute Gasteiger partial charge is 0.275 e. The molecule has 2 N–H and O–H groups in total. The largest absolute Gasteiger partial charge is 0.507 e. The molecular weight excluding hydrogens is 278 g/mol. The number of nitrogens with zero attached hydrogens (tertiary/aromatic N) is 2. The van der Waals surface area contributed by atoms with Crippen molar-refractivity contribution in [3.05, 3.63) is 58.9 Å². The molecule has 0 unspecified atom stereocenters. The van der Waals surface area contributed by atoms with Gasteiger partial charge in [-0.2, -0.15) is 5.10 Å². The number of pyridine rings is 1. The Morgan fingerprint density at radius 2 is 2.15 bits per heavy atom. The van der Waals surface area contributed by atoms with Crippen molar-refractivity contribution < 1.29 is 9.90 Å². The number of hydrazone groups is 1. The zero-order valence-corrected chi connectivity index (χ0v) is 11.4. The summed E-state index contributed by atoms with van der Waals surface area (Å²) in [5, 5.41) is 13.9. The highest BCUT2D eigenvalue weighted by Crippen LogP contribution is 2.21. The average Bonchev–Trinajstić information content (AvgIpc) is 2.47. The number of halogens is 1. The van der Waals surface area contributed by atoms with Crippen LogP contribution in [-0.4, -0.2) is 21.7 Å². The van der Waals surface area contributed by atoms with Gasteiger partial charge in [-0.05, 0) is 37.3 Å². The monoisotopic (exact) mass is 289 g/mol. The predicted octanol–water partition coefficient (Wildman–Crippen LogP) is 2.59. The molecule has 1 aromatic carbocycles. The Morgan fingerprint density at radius 3 is 2.85 bits per heavy atom. The summed E-state index contributed by atoms with van der Waals surface area (Å²) >= 11 is 5.78. The molecular formula is C14H12ClN3O2. The first-order chi connectivity index (χ1) is 9.58. The van der Waals surface area contributed by atoms with Crippen molar-refractivity contribution in [1.82, 2.24) is 10.4 Å². The zero-order chi connectivity index (χ0) is 14.5. The molecule has 0 aliphatic carbocycles. The maximum atomic E-state index is 11.9. The summed E-state index contributed by atoms with van der Waals surface area (Å²) in [6.07, 6.45) is 1.64. The van der Waals surface area contributed by atoms with Crippen LogP contribution in [0.5, 0.6) is 5.75 Å². The summed E-state index contributed by atoms with van der Waals surface area (Å²) in [6.45, 7) is 1.72. The molecule has 0 saturated heterocycles. The van der Waals surface area contributed by atoms with Gasteiger partial charge in [0.2, 0.25) is 0 Å². The highest BCUT2D eigenvalue weighted by atomic mass is 35.5. The molecule has 102 valence electrons. The molecule has 0 atom stereocenters. The molecule has 5 nitrogen and oxygen atoms in total. The van der Waals surface area contributed by atoms with Crippen LogP contribution < -0.4 is 5.43 Å². The van der Waals surface area contributed by atoms with E-state index in [1.165, 1.54) is 18.2 Å². The van der Waals surface area contributed by atoms with Gasteiger partial charge in [-0.15, -0.1) is 0 Å². The van der Waals surface area contributed by atoms with Gasteiger partial charge in [0, 0.05) is 11.2 Å². The van der Waals surface area contributed by atoms with Gasteiger partial charge in [-0.25, -0.2) is 5.43 Å². The number of hydrogen-bond donors (Lipinski definition) is 2. The average molecular weight is 290 g/mol. The lowest BCUT2D eigenvalue weighted by Crippen LogP contribution is -2.19. The van der Waals surface area contributed by atoms with E-state index in [0.29, 0.717) is 16.4 Å². The first kappa shape index (κ1) is 14.0. The third-order valence-corrected chi connectivity index (χ3v) is 2.80. The summed E-state index contributed by atoms with van der Waals surface area (Å²) in [5.41, 5.74) is 3.63. The fourth-order valence-corrected chi connectivity index (χ4v) is 1.69. The van der Waals surface area contributed by atoms with Gasteiger partial charge in [-0.3, -0.25) is 9.78 Å². The van der Waals surface area contributed by atoms with Crippen LogP contribution >= 0.6 is 11.6 Å². The third kappa shape index (κ3) is 3.33. The second-order valence-electron chi connectivity index (χ2n) is 4.01. The molecule has 2 rings (SSSR count). The van der Waals surface area contributed by atoms with Crippen molar-refractivity contribution in [3.63, 3.8) is 0 Å². The van der Waals surface area contributed by atoms with Crippen molar-refractivity contribution in [2.75, 3.05) is 0 Å². The summed E-state index contributed by atoms with van der Waals surface area (Å²) in [4.78, 5) is 16.0. The Bertz CT molecular complexity index is 657. The number of carbonyl (C=O) groups is 1. The molecule has 1 aromatic heterocycles. The molecule has 0 saturated carbocycles. The molecule has 2 aromatic rings. The number of phenols is 1. The lowest BCUT2D eigenvalue weighted by molar-refractivity contribution is 0.0952. The maximum absolute atomic E-state index is 11.9. The predicted molar refractivity (Wildman–Crippen MR) is 77.0 cm³/mol. The summed E-state index contributed by atoms with van der Waals surface area (Å²) in [6, 6.07) is 9.62. The van der Waals surface area contributed by atoms with E-state index >= 15 is 0 Å². The summed E-state index contributed by atoms with van der Waals surface area (Å²) in [5.74, 6) is -0.696. The van der Waals surface area contributed by atoms with E-state index < -0.39 is 5.91 Å². The maximum Gasteiger partial charge on any atom is 0.275 e. The number of amides is 1. The van der Waals surface area contributed by atoms with Crippen LogP contribution in [0.2, 0.25) is 5.02 Å². The van der Waals surface area contributed by atoms with Crippen LogP contribution in [0.4, 0.5) is 0 Å². The molecule has 1 amide bonds. The minimum atomic E-state index is -0.541. The summed E-state index contributed by atoms with van der Waals surface area (Å²) in [7, 11) is 0. The molecule has 0 fully saturated rings. The molecule has 0 bridgehead atoms. The normalized spacial score (nSPS) is 11.2. The number of rotatable bonds is 3. The van der Waals surface area contributed by atoms with E-state index in [1.54, 1.807) is 25.3 Å². The highest BCUT2D eigenvalue weighted by Gasteiger charge is 2.11. The van der Waals surface area contributed by atoms with Gasteiger partial charge in [0.25, 0.3) is 5.91 Å². The Balaban J connectivity index is 2.14. The van der Waals surface area contributed by atoms with Gasteiger partial charge in [0.1, 0.15) is 5.75 Å². The number of aromatic nitrogens is 1. The van der Waals surface area contributed by atoms with E-state index in [0.717, 1.165) is 0 Å². The molecule has 0 radical (unpaired) electrons. The summed E-state index contributed by atoms with van der Waals surface area (Å²) < 4.78 is 0. The first-order valence-electron chi connectivity index (χ1n) is 5.82. The Kier molecular flexibility index (Phi) is 4.32. The van der Waals surface area contributed by atoms with Crippen LogP contribution in [-0.2, 0) is 0 Å². The van der Waals surface area contributed by atoms with Crippen LogP contribution in [0, 0.1) is 0 Å². The van der Waals surface area contributed by atoms with E-state index in [9.17, 15) is 9.90 Å². The lowest BCUT2D eigenvalue weighted by Gasteiger charge is -2.04. The highest BCUT2D eigenvalue weighted by molar-refractivity contribution is 6.31. The van der Waals surface area contributed by atoms with Gasteiger partial charge >= 0.3 is 0 Å². The van der Waals surface area contributed by atoms with Crippen molar-refractivity contribution in [2.24, 2.45) is 5.10 Å². The van der Waals surface area contributed by atoms with E-state index in [-0.39, 0.29) is 11.3 Å². The van der Waals surface area contributed by atoms with Gasteiger partial charge < -0.3 is 5.11 Å². The molecule has 1 heterocycles. The van der Waals surface area contributed by atoms with Gasteiger partial charge in [0.15, 0.2) is 0 Å². The van der Waals surface area contributed by atoms with Gasteiger partial charge in [0.05, 0.1) is 17.0 Å². The molecule has 20 heavy (non-hydrogen) atoms. The zero-order valence-electron chi connectivity index (χ0n) is 10.7. The van der Waals surface area contributed by atoms with Crippen molar-refractivity contribution >= 4 is 23.2 Å². The lowest BCUT2D eigenvalue weighted by atomic mass is 10.2. The number of aromatic hydroxyl groups is 1. The molecule has 0 aliphatic rings. The number of hydrogen-bond acceptors (Lipinski definition) is 4. The van der Waals surface area contributed by atoms with E-state index in [1.807, 2.05) is 6.07 Å². The van der Waals surface area contributed by atoms with Crippen LogP contribution in [0.3, 0.4) is 0 Å². The van der Waals surface area contributed by atoms with E-state index in [2.05, 4.69) is 15.5 Å². The van der Waals surface area contributed by atoms with Crippen LogP contribution in [0.15, 0.2) is 47.7 Å². The minimum absolute atomic E-state index is 0.0649. The second kappa shape index (κ2) is 6.16. The number of carbonyl (C=O) groups excluding carboxylic acids is 1. The number of benzene rings is 1. The second-order valence-corrected chi connectivity index (χ2v) is 4.45. The number of phenolic OH excluding ortho intramolecular Hbond substituents is 1. The Labute approximate surface area is 120 Å². The molecule has 0 aliphatic heterocycles. The Morgan fingerprint density at radius 1 is 1.35 bits per heavy atom.